The van der Waals surface area contributed by atoms with Crippen molar-refractivity contribution >= 4 is 29.3 Å². The molecule has 0 saturated carbocycles. The summed E-state index contributed by atoms with van der Waals surface area (Å²) in [5.41, 5.74) is 4.07. The normalized spacial score (nSPS) is 11.6. The van der Waals surface area contributed by atoms with E-state index < -0.39 is 11.9 Å². The van der Waals surface area contributed by atoms with Gasteiger partial charge in [0.25, 0.3) is 0 Å². The van der Waals surface area contributed by atoms with Gasteiger partial charge in [-0.1, -0.05) is 39.3 Å². The lowest BCUT2D eigenvalue weighted by Crippen LogP contribution is -2.15. The molecule has 0 aliphatic heterocycles. The summed E-state index contributed by atoms with van der Waals surface area (Å²) in [5.74, 6) is -0.0184. The third kappa shape index (κ3) is 10.9. The fourth-order valence-electron chi connectivity index (χ4n) is 4.49. The molecule has 1 atom stereocenters. The monoisotopic (exact) mass is 650 g/mol. The summed E-state index contributed by atoms with van der Waals surface area (Å²) < 4.78 is 22.0. The van der Waals surface area contributed by atoms with Crippen molar-refractivity contribution in [3.63, 3.8) is 0 Å². The largest absolute Gasteiger partial charge is 0.494 e. The zero-order valence-corrected chi connectivity index (χ0v) is 27.9. The minimum atomic E-state index is -0.541. The first-order valence-corrected chi connectivity index (χ1v) is 16.3. The molecule has 0 N–H and O–H groups in total. The van der Waals surface area contributed by atoms with E-state index in [2.05, 4.69) is 29.3 Å². The number of carbonyl (C=O) groups excluding carboxylic acids is 3. The lowest BCUT2D eigenvalue weighted by atomic mass is 10.1. The molecule has 4 rings (SSSR count). The molecule has 4 aromatic rings. The Morgan fingerprint density at radius 3 is 1.90 bits per heavy atom. The number of hydrogen-bond acceptors (Lipinski definition) is 9. The van der Waals surface area contributed by atoms with Gasteiger partial charge >= 0.3 is 17.9 Å². The smallest absolute Gasteiger partial charge is 0.343 e. The first kappa shape index (κ1) is 35.5. The molecule has 0 aliphatic rings. The van der Waals surface area contributed by atoms with Crippen molar-refractivity contribution in [1.29, 1.82) is 0 Å². The molecule has 0 saturated heterocycles. The lowest BCUT2D eigenvalue weighted by molar-refractivity contribution is -0.148. The Balaban J connectivity index is 1.21. The van der Waals surface area contributed by atoms with Crippen LogP contribution in [-0.2, 0) is 16.0 Å². The van der Waals surface area contributed by atoms with Gasteiger partial charge in [-0.2, -0.15) is 10.2 Å². The fraction of sp³-hybridized carbons (Fsp3) is 0.308. The first-order chi connectivity index (χ1) is 23.2. The van der Waals surface area contributed by atoms with Gasteiger partial charge in [0, 0.05) is 0 Å². The zero-order chi connectivity index (χ0) is 34.3. The summed E-state index contributed by atoms with van der Waals surface area (Å²) in [7, 11) is 0. The van der Waals surface area contributed by atoms with E-state index in [4.69, 9.17) is 18.9 Å². The number of benzene rings is 4. The van der Waals surface area contributed by atoms with Crippen LogP contribution in [0.3, 0.4) is 0 Å². The Kier molecular flexibility index (Phi) is 13.4. The van der Waals surface area contributed by atoms with Gasteiger partial charge in [0.15, 0.2) is 0 Å². The van der Waals surface area contributed by atoms with Gasteiger partial charge in [-0.15, -0.1) is 0 Å². The Morgan fingerprint density at radius 1 is 0.688 bits per heavy atom. The van der Waals surface area contributed by atoms with Crippen LogP contribution < -0.4 is 14.2 Å². The number of aryl methyl sites for hydroxylation is 2. The van der Waals surface area contributed by atoms with Crippen LogP contribution in [0, 0.1) is 12.8 Å². The molecule has 0 aliphatic carbocycles. The van der Waals surface area contributed by atoms with Crippen LogP contribution in [0.15, 0.2) is 101 Å². The van der Waals surface area contributed by atoms with E-state index in [0.29, 0.717) is 47.9 Å². The molecule has 0 aromatic heterocycles. The quantitative estimate of drug-likeness (QED) is 0.0514. The molecule has 9 nitrogen and oxygen atoms in total. The van der Waals surface area contributed by atoms with Gasteiger partial charge < -0.3 is 18.9 Å². The molecule has 0 heterocycles. The van der Waals surface area contributed by atoms with Gasteiger partial charge in [-0.3, -0.25) is 4.79 Å². The molecule has 48 heavy (non-hydrogen) atoms. The van der Waals surface area contributed by atoms with E-state index in [1.807, 2.05) is 32.9 Å². The molecule has 4 aromatic carbocycles. The topological polar surface area (TPSA) is 113 Å². The first-order valence-electron chi connectivity index (χ1n) is 16.3. The molecule has 0 bridgehead atoms. The van der Waals surface area contributed by atoms with E-state index in [1.165, 1.54) is 29.8 Å². The summed E-state index contributed by atoms with van der Waals surface area (Å²) in [6, 6.07) is 26.0. The Morgan fingerprint density at radius 2 is 1.27 bits per heavy atom. The maximum Gasteiger partial charge on any atom is 0.343 e. The predicted molar refractivity (Wildman–Crippen MR) is 184 cm³/mol. The SMILES string of the molecule is CCCc1ccc(N=Nc2ccc(OC(=O)c3ccc(OC(=O)c4ccc(OCCCCOC(=O)C(C)CC)cc4)cc3)c(C)c2)cc1. The number of carbonyl (C=O) groups is 3. The second kappa shape index (κ2) is 18.1. The molecule has 0 spiro atoms. The predicted octanol–water partition coefficient (Wildman–Crippen LogP) is 9.55. The van der Waals surface area contributed by atoms with Crippen molar-refractivity contribution in [2.24, 2.45) is 16.1 Å². The number of hydrogen-bond donors (Lipinski definition) is 0. The van der Waals surface area contributed by atoms with E-state index >= 15 is 0 Å². The summed E-state index contributed by atoms with van der Waals surface area (Å²) in [5, 5.41) is 8.61. The molecule has 0 amide bonds. The highest BCUT2D eigenvalue weighted by Gasteiger charge is 2.14. The van der Waals surface area contributed by atoms with Gasteiger partial charge in [-0.25, -0.2) is 9.59 Å². The van der Waals surface area contributed by atoms with Crippen LogP contribution in [0.4, 0.5) is 11.4 Å². The number of esters is 3. The van der Waals surface area contributed by atoms with E-state index in [9.17, 15) is 14.4 Å². The maximum absolute atomic E-state index is 12.8. The third-order valence-electron chi connectivity index (χ3n) is 7.57. The van der Waals surface area contributed by atoms with E-state index in [0.717, 1.165) is 36.9 Å². The van der Waals surface area contributed by atoms with Gasteiger partial charge in [0.1, 0.15) is 17.2 Å². The van der Waals surface area contributed by atoms with Crippen molar-refractivity contribution in [3.05, 3.63) is 113 Å². The molecular formula is C39H42N2O7. The van der Waals surface area contributed by atoms with Crippen LogP contribution in [-0.4, -0.2) is 31.1 Å². The standard InChI is InChI=1S/C39H42N2O7/c1-5-9-29-10-16-32(17-11-29)40-41-33-18-23-36(28(4)26-33)48-39(44)31-14-21-35(22-15-31)47-38(43)30-12-19-34(20-13-30)45-24-7-8-25-46-37(42)27(3)6-2/h10-23,26-27H,5-9,24-25H2,1-4H3. The molecule has 1 unspecified atom stereocenters. The van der Waals surface area contributed by atoms with Gasteiger partial charge in [0.05, 0.1) is 41.6 Å². The summed E-state index contributed by atoms with van der Waals surface area (Å²) in [4.78, 5) is 37.2. The Hall–Kier alpha value is -5.31. The van der Waals surface area contributed by atoms with Crippen molar-refractivity contribution < 1.29 is 33.3 Å². The van der Waals surface area contributed by atoms with Crippen LogP contribution in [0.1, 0.15) is 78.3 Å². The Labute approximate surface area is 281 Å². The summed E-state index contributed by atoms with van der Waals surface area (Å²) in [6.07, 6.45) is 4.32. The number of ether oxygens (including phenoxy) is 4. The number of rotatable bonds is 16. The molecule has 0 radical (unpaired) electrons. The van der Waals surface area contributed by atoms with Crippen LogP contribution >= 0.6 is 0 Å². The Bertz CT molecular complexity index is 1680. The average Bonchev–Trinajstić information content (AvgIpc) is 3.10. The minimum absolute atomic E-state index is 0.0847. The molecule has 9 heteroatoms. The van der Waals surface area contributed by atoms with Crippen LogP contribution in [0.5, 0.6) is 17.2 Å². The van der Waals surface area contributed by atoms with Crippen molar-refractivity contribution in [2.45, 2.75) is 59.8 Å². The van der Waals surface area contributed by atoms with Crippen molar-refractivity contribution in [1.82, 2.24) is 0 Å². The summed E-state index contributed by atoms with van der Waals surface area (Å²) >= 11 is 0. The van der Waals surface area contributed by atoms with Gasteiger partial charge in [-0.05, 0) is 123 Å². The molecule has 0 fully saturated rings. The third-order valence-corrected chi connectivity index (χ3v) is 7.57. The zero-order valence-electron chi connectivity index (χ0n) is 27.9. The second-order valence-corrected chi connectivity index (χ2v) is 11.4. The van der Waals surface area contributed by atoms with E-state index in [-0.39, 0.29) is 17.6 Å². The maximum atomic E-state index is 12.8. The van der Waals surface area contributed by atoms with Crippen LogP contribution in [0.25, 0.3) is 0 Å². The summed E-state index contributed by atoms with van der Waals surface area (Å²) in [6.45, 7) is 8.62. The second-order valence-electron chi connectivity index (χ2n) is 11.4. The van der Waals surface area contributed by atoms with Crippen LogP contribution in [0.2, 0.25) is 0 Å². The number of azo groups is 1. The van der Waals surface area contributed by atoms with Gasteiger partial charge in [0.2, 0.25) is 0 Å². The minimum Gasteiger partial charge on any atom is -0.494 e. The molecular weight excluding hydrogens is 608 g/mol. The highest BCUT2D eigenvalue weighted by Crippen LogP contribution is 2.27. The highest BCUT2D eigenvalue weighted by atomic mass is 16.5. The fourth-order valence-corrected chi connectivity index (χ4v) is 4.49. The van der Waals surface area contributed by atoms with Crippen molar-refractivity contribution in [3.8, 4) is 17.2 Å². The lowest BCUT2D eigenvalue weighted by Gasteiger charge is -2.10. The highest BCUT2D eigenvalue weighted by molar-refractivity contribution is 5.93. The number of nitrogens with zero attached hydrogens (tertiary/aromatic N) is 2. The van der Waals surface area contributed by atoms with E-state index in [1.54, 1.807) is 42.5 Å². The van der Waals surface area contributed by atoms with Crippen molar-refractivity contribution in [2.75, 3.05) is 13.2 Å². The average molecular weight is 651 g/mol. The molecule has 250 valence electrons. The number of unbranched alkanes of at least 4 members (excludes halogenated alkanes) is 1.